The molecule has 0 saturated carbocycles. The lowest BCUT2D eigenvalue weighted by Gasteiger charge is -2.36. The molecule has 0 bridgehead atoms. The van der Waals surface area contributed by atoms with Gasteiger partial charge in [-0.3, -0.25) is 9.69 Å². The maximum atomic E-state index is 11.6. The Kier molecular flexibility index (Phi) is 5.37. The van der Waals surface area contributed by atoms with E-state index in [9.17, 15) is 4.79 Å². The summed E-state index contributed by atoms with van der Waals surface area (Å²) >= 11 is 0. The number of hydrogen-bond donors (Lipinski definition) is 0. The van der Waals surface area contributed by atoms with Crippen molar-refractivity contribution in [3.05, 3.63) is 29.3 Å². The maximum Gasteiger partial charge on any atom is 0.159 e. The lowest BCUT2D eigenvalue weighted by Crippen LogP contribution is -2.44. The van der Waals surface area contributed by atoms with E-state index in [1.807, 2.05) is 18.2 Å². The molecule has 0 amide bonds. The van der Waals surface area contributed by atoms with Gasteiger partial charge in [-0.25, -0.2) is 0 Å². The summed E-state index contributed by atoms with van der Waals surface area (Å²) in [5.74, 6) is 0.968. The van der Waals surface area contributed by atoms with Crippen molar-refractivity contribution in [2.45, 2.75) is 32.4 Å². The Balaban J connectivity index is 2.14. The molecule has 4 heteroatoms. The Morgan fingerprint density at radius 3 is 2.81 bits per heavy atom. The molecule has 21 heavy (non-hydrogen) atoms. The van der Waals surface area contributed by atoms with Gasteiger partial charge < -0.3 is 9.64 Å². The molecule has 0 spiro atoms. The summed E-state index contributed by atoms with van der Waals surface area (Å²) in [6.45, 7) is 4.63. The van der Waals surface area contributed by atoms with Crippen LogP contribution in [0, 0.1) is 0 Å². The predicted octanol–water partition coefficient (Wildman–Crippen LogP) is 2.42. The molecule has 0 aromatic heterocycles. The zero-order valence-corrected chi connectivity index (χ0v) is 13.6. The summed E-state index contributed by atoms with van der Waals surface area (Å²) in [6, 6.07) is 6.32. The molecule has 1 aromatic rings. The number of benzene rings is 1. The maximum absolute atomic E-state index is 11.6. The van der Waals surface area contributed by atoms with E-state index in [1.165, 1.54) is 12.8 Å². The van der Waals surface area contributed by atoms with Crippen LogP contribution in [0.5, 0.6) is 5.75 Å². The normalized spacial score (nSPS) is 19.8. The van der Waals surface area contributed by atoms with Gasteiger partial charge in [-0.1, -0.05) is 0 Å². The molecule has 1 unspecified atom stereocenters. The average Bonchev–Trinajstić information content (AvgIpc) is 2.47. The van der Waals surface area contributed by atoms with E-state index in [-0.39, 0.29) is 5.78 Å². The highest BCUT2D eigenvalue weighted by atomic mass is 16.5. The van der Waals surface area contributed by atoms with Gasteiger partial charge in [0.2, 0.25) is 0 Å². The van der Waals surface area contributed by atoms with Crippen LogP contribution in [-0.2, 0) is 6.54 Å². The minimum absolute atomic E-state index is 0.101. The van der Waals surface area contributed by atoms with Gasteiger partial charge in [0.05, 0.1) is 7.11 Å². The van der Waals surface area contributed by atoms with E-state index >= 15 is 0 Å². The predicted molar refractivity (Wildman–Crippen MR) is 85.0 cm³/mol. The average molecular weight is 290 g/mol. The third-order valence-corrected chi connectivity index (χ3v) is 4.29. The summed E-state index contributed by atoms with van der Waals surface area (Å²) in [5, 5.41) is 0. The first-order valence-corrected chi connectivity index (χ1v) is 7.58. The highest BCUT2D eigenvalue weighted by Crippen LogP contribution is 2.24. The van der Waals surface area contributed by atoms with E-state index < -0.39 is 0 Å². The Bertz CT molecular complexity index is 500. The summed E-state index contributed by atoms with van der Waals surface area (Å²) in [6.07, 6.45) is 2.48. The van der Waals surface area contributed by atoms with Crippen LogP contribution in [0.1, 0.15) is 35.7 Å². The van der Waals surface area contributed by atoms with Gasteiger partial charge >= 0.3 is 0 Å². The van der Waals surface area contributed by atoms with E-state index in [0.717, 1.165) is 36.5 Å². The minimum Gasteiger partial charge on any atom is -0.496 e. The highest BCUT2D eigenvalue weighted by molar-refractivity contribution is 5.94. The van der Waals surface area contributed by atoms with Crippen LogP contribution in [0.25, 0.3) is 0 Å². The number of ether oxygens (including phenoxy) is 1. The smallest absolute Gasteiger partial charge is 0.159 e. The van der Waals surface area contributed by atoms with Gasteiger partial charge in [0.25, 0.3) is 0 Å². The number of carbonyl (C=O) groups excluding carboxylic acids is 1. The van der Waals surface area contributed by atoms with Crippen molar-refractivity contribution in [3.63, 3.8) is 0 Å². The Hall–Kier alpha value is -1.39. The molecule has 1 aliphatic heterocycles. The second-order valence-electron chi connectivity index (χ2n) is 6.08. The van der Waals surface area contributed by atoms with Gasteiger partial charge in [0, 0.05) is 30.3 Å². The molecule has 0 aliphatic carbocycles. The molecule has 1 aromatic carbocycles. The number of methoxy groups -OCH3 is 1. The van der Waals surface area contributed by atoms with E-state index in [2.05, 4.69) is 23.9 Å². The topological polar surface area (TPSA) is 32.8 Å². The lowest BCUT2D eigenvalue weighted by molar-refractivity contribution is 0.101. The number of Topliss-reactive ketones (excluding diaryl/α,β-unsaturated/α-hetero) is 1. The molecule has 2 rings (SSSR count). The van der Waals surface area contributed by atoms with Crippen LogP contribution in [0.4, 0.5) is 0 Å². The van der Waals surface area contributed by atoms with Crippen molar-refractivity contribution in [2.75, 3.05) is 34.3 Å². The third kappa shape index (κ3) is 4.05. The standard InChI is InChI=1S/C17H26N2O2/c1-13(20)14-7-8-17(21-4)15(10-14)11-19-9-5-6-16(12-19)18(2)3/h7-8,10,16H,5-6,9,11-12H2,1-4H3. The Labute approximate surface area is 127 Å². The van der Waals surface area contributed by atoms with Crippen molar-refractivity contribution < 1.29 is 9.53 Å². The molecule has 1 fully saturated rings. The van der Waals surface area contributed by atoms with Crippen LogP contribution in [0.15, 0.2) is 18.2 Å². The third-order valence-electron chi connectivity index (χ3n) is 4.29. The van der Waals surface area contributed by atoms with Crippen LogP contribution in [0.2, 0.25) is 0 Å². The summed E-state index contributed by atoms with van der Waals surface area (Å²) in [5.41, 5.74) is 1.86. The van der Waals surface area contributed by atoms with Crippen LogP contribution in [0.3, 0.4) is 0 Å². The summed E-state index contributed by atoms with van der Waals surface area (Å²) in [7, 11) is 5.97. The first kappa shape index (κ1) is 16.0. The van der Waals surface area contributed by atoms with E-state index in [1.54, 1.807) is 14.0 Å². The Morgan fingerprint density at radius 1 is 1.43 bits per heavy atom. The molecular formula is C17H26N2O2. The SMILES string of the molecule is COc1ccc(C(C)=O)cc1CN1CCCC(N(C)C)C1. The fourth-order valence-corrected chi connectivity index (χ4v) is 2.96. The zero-order chi connectivity index (χ0) is 15.4. The monoisotopic (exact) mass is 290 g/mol. The van der Waals surface area contributed by atoms with Crippen molar-refractivity contribution in [1.82, 2.24) is 9.80 Å². The number of carbonyl (C=O) groups is 1. The minimum atomic E-state index is 0.101. The molecule has 1 atom stereocenters. The van der Waals surface area contributed by atoms with Crippen molar-refractivity contribution in [3.8, 4) is 5.75 Å². The van der Waals surface area contributed by atoms with Crippen molar-refractivity contribution >= 4 is 5.78 Å². The summed E-state index contributed by atoms with van der Waals surface area (Å²) in [4.78, 5) is 16.3. The summed E-state index contributed by atoms with van der Waals surface area (Å²) < 4.78 is 5.45. The number of rotatable bonds is 5. The number of likely N-dealkylation sites (tertiary alicyclic amines) is 1. The first-order chi connectivity index (χ1) is 10.0. The molecular weight excluding hydrogens is 264 g/mol. The molecule has 1 heterocycles. The highest BCUT2D eigenvalue weighted by Gasteiger charge is 2.22. The van der Waals surface area contributed by atoms with Crippen molar-refractivity contribution in [2.24, 2.45) is 0 Å². The van der Waals surface area contributed by atoms with Crippen molar-refractivity contribution in [1.29, 1.82) is 0 Å². The fourth-order valence-electron chi connectivity index (χ4n) is 2.96. The molecule has 4 nitrogen and oxygen atoms in total. The van der Waals surface area contributed by atoms with Gasteiger partial charge in [-0.15, -0.1) is 0 Å². The number of likely N-dealkylation sites (N-methyl/N-ethyl adjacent to an activating group) is 1. The van der Waals surface area contributed by atoms with Crippen LogP contribution >= 0.6 is 0 Å². The first-order valence-electron chi connectivity index (χ1n) is 7.58. The molecule has 116 valence electrons. The molecule has 0 radical (unpaired) electrons. The van der Waals surface area contributed by atoms with Gasteiger partial charge in [-0.05, 0) is 58.6 Å². The van der Waals surface area contributed by atoms with E-state index in [0.29, 0.717) is 6.04 Å². The zero-order valence-electron chi connectivity index (χ0n) is 13.6. The van der Waals surface area contributed by atoms with Gasteiger partial charge in [-0.2, -0.15) is 0 Å². The fraction of sp³-hybridized carbons (Fsp3) is 0.588. The molecule has 1 saturated heterocycles. The lowest BCUT2D eigenvalue weighted by atomic mass is 10.0. The van der Waals surface area contributed by atoms with Gasteiger partial charge in [0.15, 0.2) is 5.78 Å². The number of ketones is 1. The largest absolute Gasteiger partial charge is 0.496 e. The van der Waals surface area contributed by atoms with E-state index in [4.69, 9.17) is 4.74 Å². The quantitative estimate of drug-likeness (QED) is 0.780. The second kappa shape index (κ2) is 7.05. The second-order valence-corrected chi connectivity index (χ2v) is 6.08. The Morgan fingerprint density at radius 2 is 2.19 bits per heavy atom. The van der Waals surface area contributed by atoms with Crippen LogP contribution < -0.4 is 4.74 Å². The van der Waals surface area contributed by atoms with Crippen LogP contribution in [-0.4, -0.2) is 55.9 Å². The number of piperidine rings is 1. The number of nitrogens with zero attached hydrogens (tertiary/aromatic N) is 2. The number of hydrogen-bond acceptors (Lipinski definition) is 4. The molecule has 1 aliphatic rings. The molecule has 0 N–H and O–H groups in total. The van der Waals surface area contributed by atoms with Gasteiger partial charge in [0.1, 0.15) is 5.75 Å².